The molecule has 2 fully saturated rings. The van der Waals surface area contributed by atoms with Gasteiger partial charge in [0, 0.05) is 24.3 Å². The zero-order valence-corrected chi connectivity index (χ0v) is 13.8. The molecule has 2 heterocycles. The van der Waals surface area contributed by atoms with Crippen LogP contribution in [0.25, 0.3) is 5.69 Å². The molecule has 0 bridgehead atoms. The summed E-state index contributed by atoms with van der Waals surface area (Å²) in [7, 11) is 0. The molecule has 1 aromatic heterocycles. The second-order valence-electron chi connectivity index (χ2n) is 6.95. The van der Waals surface area contributed by atoms with Crippen molar-refractivity contribution in [3.63, 3.8) is 0 Å². The molecule has 4 rings (SSSR count). The first kappa shape index (κ1) is 15.4. The first-order chi connectivity index (χ1) is 11.8. The maximum Gasteiger partial charge on any atom is 0.237 e. The van der Waals surface area contributed by atoms with Gasteiger partial charge in [0.15, 0.2) is 0 Å². The standard InChI is InChI=1S/C19H24N4O/c24-19(18-10-15-6-4-5-9-17(15)22-18)20-11-14-12-21-23(13-14)16-7-2-1-3-8-16/h1-3,7-8,12-13,15,17-18,22H,4-6,9-11H2,(H,20,24). The number of hydrogen-bond acceptors (Lipinski definition) is 3. The summed E-state index contributed by atoms with van der Waals surface area (Å²) in [5.74, 6) is 0.812. The summed E-state index contributed by atoms with van der Waals surface area (Å²) in [6.45, 7) is 0.527. The van der Waals surface area contributed by atoms with Crippen molar-refractivity contribution in [3.8, 4) is 5.69 Å². The molecule has 5 heteroatoms. The molecule has 0 spiro atoms. The molecule has 2 N–H and O–H groups in total. The van der Waals surface area contributed by atoms with E-state index in [9.17, 15) is 4.79 Å². The van der Waals surface area contributed by atoms with Gasteiger partial charge in [-0.15, -0.1) is 0 Å². The van der Waals surface area contributed by atoms with Crippen LogP contribution in [0.1, 0.15) is 37.7 Å². The number of hydrogen-bond donors (Lipinski definition) is 2. The van der Waals surface area contributed by atoms with E-state index in [2.05, 4.69) is 15.7 Å². The first-order valence-electron chi connectivity index (χ1n) is 8.92. The fourth-order valence-corrected chi connectivity index (χ4v) is 4.01. The van der Waals surface area contributed by atoms with Gasteiger partial charge in [0.2, 0.25) is 5.91 Å². The third-order valence-corrected chi connectivity index (χ3v) is 5.30. The molecule has 0 radical (unpaired) electrons. The van der Waals surface area contributed by atoms with E-state index in [1.54, 1.807) is 0 Å². The van der Waals surface area contributed by atoms with E-state index in [4.69, 9.17) is 0 Å². The van der Waals surface area contributed by atoms with Gasteiger partial charge in [0.25, 0.3) is 0 Å². The van der Waals surface area contributed by atoms with Crippen LogP contribution in [-0.2, 0) is 11.3 Å². The molecule has 2 aromatic rings. The number of para-hydroxylation sites is 1. The molecule has 1 aromatic carbocycles. The second-order valence-corrected chi connectivity index (χ2v) is 6.95. The van der Waals surface area contributed by atoms with Gasteiger partial charge in [-0.2, -0.15) is 5.10 Å². The molecule has 1 aliphatic heterocycles. The SMILES string of the molecule is O=C(NCc1cnn(-c2ccccc2)c1)C1CC2CCCCC2N1. The predicted octanol–water partition coefficient (Wildman–Crippen LogP) is 2.41. The highest BCUT2D eigenvalue weighted by Crippen LogP contribution is 2.33. The normalized spacial score (nSPS) is 26.1. The lowest BCUT2D eigenvalue weighted by molar-refractivity contribution is -0.123. The topological polar surface area (TPSA) is 59.0 Å². The van der Waals surface area contributed by atoms with Crippen molar-refractivity contribution in [2.45, 2.75) is 50.7 Å². The first-order valence-corrected chi connectivity index (χ1v) is 8.92. The van der Waals surface area contributed by atoms with Crippen LogP contribution in [-0.4, -0.2) is 27.8 Å². The third kappa shape index (κ3) is 3.22. The summed E-state index contributed by atoms with van der Waals surface area (Å²) in [5, 5.41) is 11.0. The Morgan fingerprint density at radius 3 is 2.92 bits per heavy atom. The van der Waals surface area contributed by atoms with Crippen molar-refractivity contribution in [1.29, 1.82) is 0 Å². The fourth-order valence-electron chi connectivity index (χ4n) is 4.01. The quantitative estimate of drug-likeness (QED) is 0.908. The van der Waals surface area contributed by atoms with Crippen LogP contribution in [0.4, 0.5) is 0 Å². The number of benzene rings is 1. The van der Waals surface area contributed by atoms with Gasteiger partial charge in [-0.3, -0.25) is 4.79 Å². The van der Waals surface area contributed by atoms with Crippen LogP contribution >= 0.6 is 0 Å². The molecule has 1 saturated carbocycles. The van der Waals surface area contributed by atoms with Gasteiger partial charge >= 0.3 is 0 Å². The number of nitrogens with zero attached hydrogens (tertiary/aromatic N) is 2. The van der Waals surface area contributed by atoms with E-state index in [0.717, 1.165) is 17.7 Å². The molecule has 5 nitrogen and oxygen atoms in total. The van der Waals surface area contributed by atoms with Crippen LogP contribution in [0.3, 0.4) is 0 Å². The van der Waals surface area contributed by atoms with Gasteiger partial charge in [-0.1, -0.05) is 31.0 Å². The monoisotopic (exact) mass is 324 g/mol. The Balaban J connectivity index is 1.32. The number of rotatable bonds is 4. The Bertz CT molecular complexity index is 682. The smallest absolute Gasteiger partial charge is 0.237 e. The molecule has 1 aliphatic carbocycles. The van der Waals surface area contributed by atoms with E-state index < -0.39 is 0 Å². The van der Waals surface area contributed by atoms with Crippen LogP contribution in [0, 0.1) is 5.92 Å². The molecule has 24 heavy (non-hydrogen) atoms. The summed E-state index contributed by atoms with van der Waals surface area (Å²) in [6.07, 6.45) is 9.87. The van der Waals surface area contributed by atoms with Gasteiger partial charge in [0.1, 0.15) is 0 Å². The number of aromatic nitrogens is 2. The van der Waals surface area contributed by atoms with Crippen LogP contribution in [0.5, 0.6) is 0 Å². The van der Waals surface area contributed by atoms with E-state index >= 15 is 0 Å². The zero-order chi connectivity index (χ0) is 16.4. The minimum absolute atomic E-state index is 0.0257. The van der Waals surface area contributed by atoms with Crippen molar-refractivity contribution in [2.75, 3.05) is 0 Å². The molecule has 1 saturated heterocycles. The summed E-state index contributed by atoms with van der Waals surface area (Å²) in [5.41, 5.74) is 2.04. The highest BCUT2D eigenvalue weighted by atomic mass is 16.2. The minimum atomic E-state index is -0.0257. The molecular weight excluding hydrogens is 300 g/mol. The Morgan fingerprint density at radius 1 is 1.25 bits per heavy atom. The third-order valence-electron chi connectivity index (χ3n) is 5.30. The van der Waals surface area contributed by atoms with Crippen LogP contribution in [0.2, 0.25) is 0 Å². The van der Waals surface area contributed by atoms with Crippen LogP contribution < -0.4 is 10.6 Å². The summed E-state index contributed by atoms with van der Waals surface area (Å²) in [6, 6.07) is 10.5. The molecule has 126 valence electrons. The van der Waals surface area contributed by atoms with Gasteiger partial charge in [0.05, 0.1) is 17.9 Å². The van der Waals surface area contributed by atoms with E-state index in [0.29, 0.717) is 18.5 Å². The van der Waals surface area contributed by atoms with Crippen molar-refractivity contribution in [1.82, 2.24) is 20.4 Å². The highest BCUT2D eigenvalue weighted by molar-refractivity contribution is 5.82. The maximum absolute atomic E-state index is 12.4. The van der Waals surface area contributed by atoms with Gasteiger partial charge < -0.3 is 10.6 Å². The number of carbonyl (C=O) groups excluding carboxylic acids is 1. The lowest BCUT2D eigenvalue weighted by atomic mass is 9.85. The fraction of sp³-hybridized carbons (Fsp3) is 0.474. The Morgan fingerprint density at radius 2 is 2.08 bits per heavy atom. The van der Waals surface area contributed by atoms with E-state index in [1.165, 1.54) is 25.7 Å². The predicted molar refractivity (Wildman–Crippen MR) is 92.7 cm³/mol. The number of carbonyl (C=O) groups is 1. The zero-order valence-electron chi connectivity index (χ0n) is 13.8. The molecule has 1 amide bonds. The summed E-state index contributed by atoms with van der Waals surface area (Å²) >= 11 is 0. The second kappa shape index (κ2) is 6.77. The molecule has 2 aliphatic rings. The maximum atomic E-state index is 12.4. The average Bonchev–Trinajstić information content (AvgIpc) is 3.27. The van der Waals surface area contributed by atoms with Crippen molar-refractivity contribution >= 4 is 5.91 Å². The highest BCUT2D eigenvalue weighted by Gasteiger charge is 2.37. The van der Waals surface area contributed by atoms with Crippen molar-refractivity contribution < 1.29 is 4.79 Å². The molecular formula is C19H24N4O. The Hall–Kier alpha value is -2.14. The lowest BCUT2D eigenvalue weighted by Gasteiger charge is -2.24. The van der Waals surface area contributed by atoms with E-state index in [1.807, 2.05) is 47.4 Å². The number of nitrogens with one attached hydrogen (secondary N) is 2. The largest absolute Gasteiger partial charge is 0.351 e. The van der Waals surface area contributed by atoms with Crippen molar-refractivity contribution in [3.05, 3.63) is 48.3 Å². The Kier molecular flexibility index (Phi) is 4.34. The average molecular weight is 324 g/mol. The summed E-state index contributed by atoms with van der Waals surface area (Å²) in [4.78, 5) is 12.4. The van der Waals surface area contributed by atoms with Gasteiger partial charge in [-0.25, -0.2) is 4.68 Å². The Labute approximate surface area is 142 Å². The summed E-state index contributed by atoms with van der Waals surface area (Å²) < 4.78 is 1.84. The van der Waals surface area contributed by atoms with E-state index in [-0.39, 0.29) is 11.9 Å². The number of amides is 1. The van der Waals surface area contributed by atoms with Gasteiger partial charge in [-0.05, 0) is 37.3 Å². The molecule has 3 atom stereocenters. The van der Waals surface area contributed by atoms with Crippen LogP contribution in [0.15, 0.2) is 42.7 Å². The lowest BCUT2D eigenvalue weighted by Crippen LogP contribution is -2.42. The molecule has 3 unspecified atom stereocenters. The number of fused-ring (bicyclic) bond motifs is 1. The minimum Gasteiger partial charge on any atom is -0.351 e. The van der Waals surface area contributed by atoms with Crippen molar-refractivity contribution in [2.24, 2.45) is 5.92 Å².